The summed E-state index contributed by atoms with van der Waals surface area (Å²) in [5.74, 6) is -1.25. The van der Waals surface area contributed by atoms with Crippen molar-refractivity contribution >= 4 is 33.5 Å². The lowest BCUT2D eigenvalue weighted by molar-refractivity contribution is -0.255. The summed E-state index contributed by atoms with van der Waals surface area (Å²) in [6.07, 6.45) is 0.693. The maximum Gasteiger partial charge on any atom is 0.0730 e. The fraction of sp³-hybridized carbons (Fsp3) is 0.222. The quantitative estimate of drug-likeness (QED) is 0.818. The molecule has 0 unspecified atom stereocenters. The van der Waals surface area contributed by atoms with Crippen LogP contribution in [0.3, 0.4) is 0 Å². The molecule has 0 aliphatic carbocycles. The lowest BCUT2D eigenvalue weighted by Crippen LogP contribution is -2.23. The minimum atomic E-state index is -1.25. The van der Waals surface area contributed by atoms with Gasteiger partial charge in [-0.25, -0.2) is 0 Å². The summed E-state index contributed by atoms with van der Waals surface area (Å²) in [7, 11) is 0. The molecule has 0 amide bonds. The van der Waals surface area contributed by atoms with Gasteiger partial charge in [0.2, 0.25) is 0 Å². The predicted molar refractivity (Wildman–Crippen MR) is 52.9 cm³/mol. The summed E-state index contributed by atoms with van der Waals surface area (Å²) in [4.78, 5) is 10.6. The van der Waals surface area contributed by atoms with E-state index < -0.39 is 5.97 Å². The Labute approximate surface area is 89.7 Å². The van der Waals surface area contributed by atoms with Crippen molar-refractivity contribution in [1.82, 2.24) is 0 Å². The standard InChI is InChI=1S/C9H8BrClO2/c1-2-5-3-6(10)4-7(8(5)11)9(12)13/h3-4H,2H2,1H3,(H,12,13)/p-1. The number of carboxylic acids is 1. The zero-order chi connectivity index (χ0) is 10.0. The van der Waals surface area contributed by atoms with Crippen LogP contribution in [0.25, 0.3) is 0 Å². The summed E-state index contributed by atoms with van der Waals surface area (Å²) >= 11 is 9.04. The Balaban J connectivity index is 3.35. The van der Waals surface area contributed by atoms with Crippen LogP contribution in [-0.4, -0.2) is 5.97 Å². The van der Waals surface area contributed by atoms with Crippen molar-refractivity contribution in [3.05, 3.63) is 32.8 Å². The van der Waals surface area contributed by atoms with Gasteiger partial charge in [0, 0.05) is 10.0 Å². The van der Waals surface area contributed by atoms with Crippen molar-refractivity contribution in [2.45, 2.75) is 13.3 Å². The zero-order valence-electron chi connectivity index (χ0n) is 6.93. The molecule has 0 radical (unpaired) electrons. The molecule has 0 saturated heterocycles. The van der Waals surface area contributed by atoms with Crippen molar-refractivity contribution in [3.8, 4) is 0 Å². The van der Waals surface area contributed by atoms with Gasteiger partial charge in [0.05, 0.1) is 11.0 Å². The molecule has 0 aromatic heterocycles. The molecule has 70 valence electrons. The molecule has 2 nitrogen and oxygen atoms in total. The highest BCUT2D eigenvalue weighted by molar-refractivity contribution is 9.10. The highest BCUT2D eigenvalue weighted by Crippen LogP contribution is 2.26. The van der Waals surface area contributed by atoms with Crippen molar-refractivity contribution < 1.29 is 9.90 Å². The fourth-order valence-corrected chi connectivity index (χ4v) is 1.88. The number of aromatic carboxylic acids is 1. The topological polar surface area (TPSA) is 40.1 Å². The molecule has 1 rings (SSSR count). The molecule has 13 heavy (non-hydrogen) atoms. The predicted octanol–water partition coefficient (Wildman–Crippen LogP) is 2.03. The van der Waals surface area contributed by atoms with Gasteiger partial charge in [-0.15, -0.1) is 0 Å². The molecule has 0 spiro atoms. The fourth-order valence-electron chi connectivity index (χ4n) is 1.05. The van der Waals surface area contributed by atoms with E-state index in [2.05, 4.69) is 15.9 Å². The van der Waals surface area contributed by atoms with Crippen molar-refractivity contribution in [2.75, 3.05) is 0 Å². The summed E-state index contributed by atoms with van der Waals surface area (Å²) in [5, 5.41) is 10.9. The van der Waals surface area contributed by atoms with Gasteiger partial charge in [0.1, 0.15) is 0 Å². The molecule has 0 aliphatic heterocycles. The first-order valence-electron chi connectivity index (χ1n) is 3.75. The smallest absolute Gasteiger partial charge is 0.0730 e. The van der Waals surface area contributed by atoms with Gasteiger partial charge in [-0.05, 0) is 24.1 Å². The highest BCUT2D eigenvalue weighted by atomic mass is 79.9. The molecule has 1 aromatic carbocycles. The molecule has 1 aromatic rings. The molecular formula is C9H7BrClO2-. The minimum absolute atomic E-state index is 0.0351. The van der Waals surface area contributed by atoms with Crippen LogP contribution in [0.2, 0.25) is 5.02 Å². The Morgan fingerprint density at radius 1 is 1.62 bits per heavy atom. The van der Waals surface area contributed by atoms with Crippen molar-refractivity contribution in [1.29, 1.82) is 0 Å². The second kappa shape index (κ2) is 4.11. The van der Waals surface area contributed by atoms with Crippen LogP contribution in [0.5, 0.6) is 0 Å². The number of carboxylic acid groups (broad SMARTS) is 1. The van der Waals surface area contributed by atoms with Crippen LogP contribution in [0.4, 0.5) is 0 Å². The van der Waals surface area contributed by atoms with Gasteiger partial charge in [0.25, 0.3) is 0 Å². The van der Waals surface area contributed by atoms with Crippen molar-refractivity contribution in [3.63, 3.8) is 0 Å². The number of hydrogen-bond acceptors (Lipinski definition) is 2. The van der Waals surface area contributed by atoms with Crippen LogP contribution in [0.15, 0.2) is 16.6 Å². The number of carbonyl (C=O) groups is 1. The van der Waals surface area contributed by atoms with Gasteiger partial charge in [-0.2, -0.15) is 0 Å². The Bertz CT molecular complexity index is 350. The first-order valence-corrected chi connectivity index (χ1v) is 4.92. The van der Waals surface area contributed by atoms with Crippen LogP contribution in [0.1, 0.15) is 22.8 Å². The highest BCUT2D eigenvalue weighted by Gasteiger charge is 2.07. The number of aryl methyl sites for hydroxylation is 1. The third kappa shape index (κ3) is 2.23. The summed E-state index contributed by atoms with van der Waals surface area (Å²) in [5.41, 5.74) is 0.836. The van der Waals surface area contributed by atoms with Gasteiger partial charge in [-0.3, -0.25) is 0 Å². The first kappa shape index (κ1) is 10.5. The number of halogens is 2. The van der Waals surface area contributed by atoms with Crippen LogP contribution in [-0.2, 0) is 6.42 Å². The third-order valence-electron chi connectivity index (χ3n) is 1.71. The average Bonchev–Trinajstić information content (AvgIpc) is 2.08. The van der Waals surface area contributed by atoms with Gasteiger partial charge >= 0.3 is 0 Å². The second-order valence-electron chi connectivity index (χ2n) is 2.57. The van der Waals surface area contributed by atoms with Gasteiger partial charge in [-0.1, -0.05) is 34.5 Å². The molecule has 0 atom stereocenters. The van der Waals surface area contributed by atoms with Crippen LogP contribution < -0.4 is 5.11 Å². The summed E-state index contributed by atoms with van der Waals surface area (Å²) in [6, 6.07) is 3.24. The molecule has 4 heteroatoms. The maximum atomic E-state index is 10.6. The summed E-state index contributed by atoms with van der Waals surface area (Å²) in [6.45, 7) is 1.91. The van der Waals surface area contributed by atoms with E-state index in [0.29, 0.717) is 10.9 Å². The van der Waals surface area contributed by atoms with E-state index in [4.69, 9.17) is 11.6 Å². The van der Waals surface area contributed by atoms with E-state index in [1.165, 1.54) is 6.07 Å². The molecule has 0 saturated carbocycles. The van der Waals surface area contributed by atoms with Gasteiger partial charge < -0.3 is 9.90 Å². The largest absolute Gasteiger partial charge is 0.545 e. The Morgan fingerprint density at radius 2 is 2.23 bits per heavy atom. The van der Waals surface area contributed by atoms with E-state index >= 15 is 0 Å². The Kier molecular flexibility index (Phi) is 3.33. The van der Waals surface area contributed by atoms with E-state index in [1.807, 2.05) is 6.92 Å². The molecule has 0 N–H and O–H groups in total. The molecule has 0 aliphatic rings. The van der Waals surface area contributed by atoms with Crippen molar-refractivity contribution in [2.24, 2.45) is 0 Å². The number of hydrogen-bond donors (Lipinski definition) is 0. The van der Waals surface area contributed by atoms with Crippen LogP contribution >= 0.6 is 27.5 Å². The third-order valence-corrected chi connectivity index (χ3v) is 2.62. The lowest BCUT2D eigenvalue weighted by atomic mass is 10.1. The van der Waals surface area contributed by atoms with Crippen LogP contribution in [0, 0.1) is 0 Å². The maximum absolute atomic E-state index is 10.6. The van der Waals surface area contributed by atoms with E-state index in [-0.39, 0.29) is 10.6 Å². The molecular weight excluding hydrogens is 255 g/mol. The van der Waals surface area contributed by atoms with Gasteiger partial charge in [0.15, 0.2) is 0 Å². The summed E-state index contributed by atoms with van der Waals surface area (Å²) < 4.78 is 0.702. The Hall–Kier alpha value is -0.540. The second-order valence-corrected chi connectivity index (χ2v) is 3.86. The number of rotatable bonds is 2. The SMILES string of the molecule is CCc1cc(Br)cc(C(=O)[O-])c1Cl. The zero-order valence-corrected chi connectivity index (χ0v) is 9.28. The van der Waals surface area contributed by atoms with E-state index in [1.54, 1.807) is 6.07 Å². The molecule has 0 heterocycles. The normalized spacial score (nSPS) is 10.1. The monoisotopic (exact) mass is 261 g/mol. The minimum Gasteiger partial charge on any atom is -0.545 e. The molecule has 0 bridgehead atoms. The van der Waals surface area contributed by atoms with E-state index in [9.17, 15) is 9.90 Å². The Morgan fingerprint density at radius 3 is 2.69 bits per heavy atom. The number of carbonyl (C=O) groups excluding carboxylic acids is 1. The lowest BCUT2D eigenvalue weighted by Gasteiger charge is -2.09. The first-order chi connectivity index (χ1) is 6.06. The number of benzene rings is 1. The average molecular weight is 263 g/mol. The molecule has 0 fully saturated rings. The van der Waals surface area contributed by atoms with E-state index in [0.717, 1.165) is 5.56 Å².